The summed E-state index contributed by atoms with van der Waals surface area (Å²) in [5, 5.41) is 4.42. The van der Waals surface area contributed by atoms with Gasteiger partial charge in [-0.3, -0.25) is 0 Å². The van der Waals surface area contributed by atoms with Crippen molar-refractivity contribution in [3.63, 3.8) is 0 Å². The Morgan fingerprint density at radius 1 is 0.627 bits per heavy atom. The quantitative estimate of drug-likeness (QED) is 0.166. The minimum absolute atomic E-state index is 0. The fraction of sp³-hybridized carbons (Fsp3) is 0.130. The molecule has 4 aromatic heterocycles. The molecule has 0 aliphatic rings. The van der Waals surface area contributed by atoms with Gasteiger partial charge in [0.2, 0.25) is 0 Å². The summed E-state index contributed by atoms with van der Waals surface area (Å²) in [5.41, 5.74) is 14.5. The number of furan rings is 2. The van der Waals surface area contributed by atoms with Gasteiger partial charge in [0, 0.05) is 65.2 Å². The normalized spacial score (nSPS) is 11.3. The van der Waals surface area contributed by atoms with Crippen molar-refractivity contribution in [1.82, 2.24) is 9.97 Å². The molecule has 0 N–H and O–H groups in total. The van der Waals surface area contributed by atoms with Crippen molar-refractivity contribution in [3.05, 3.63) is 156 Å². The number of aryl methyl sites for hydroxylation is 3. The SMILES string of the molecule is CC(C)c1c2oc3ccccc3c2c(-c2ccnc(-c3[c-]cccc3)c2)c2oc3ccccc3c12.Cc1c[c-]c(-c2cc(C)c(C)cn2)cc1.[Ir]. The first kappa shape index (κ1) is 34.1. The van der Waals surface area contributed by atoms with Crippen LogP contribution in [0.3, 0.4) is 0 Å². The Kier molecular flexibility index (Phi) is 9.44. The summed E-state index contributed by atoms with van der Waals surface area (Å²) in [4.78, 5) is 9.06. The number of hydrogen-bond donors (Lipinski definition) is 0. The summed E-state index contributed by atoms with van der Waals surface area (Å²) < 4.78 is 13.2. The average Bonchev–Trinajstić information content (AvgIpc) is 3.71. The third-order valence-electron chi connectivity index (χ3n) is 9.41. The van der Waals surface area contributed by atoms with Gasteiger partial charge in [0.1, 0.15) is 22.3 Å². The molecule has 0 bridgehead atoms. The molecule has 0 aliphatic carbocycles. The zero-order valence-corrected chi connectivity index (χ0v) is 31.6. The maximum atomic E-state index is 6.63. The van der Waals surface area contributed by atoms with Crippen molar-refractivity contribution in [1.29, 1.82) is 0 Å². The Balaban J connectivity index is 0.000000214. The summed E-state index contributed by atoms with van der Waals surface area (Å²) in [7, 11) is 0. The zero-order valence-electron chi connectivity index (χ0n) is 29.2. The van der Waals surface area contributed by atoms with Crippen LogP contribution in [0.2, 0.25) is 0 Å². The molecule has 0 fully saturated rings. The van der Waals surface area contributed by atoms with Crippen LogP contribution in [-0.4, -0.2) is 9.97 Å². The van der Waals surface area contributed by atoms with Gasteiger partial charge in [0.25, 0.3) is 0 Å². The topological polar surface area (TPSA) is 52.1 Å². The van der Waals surface area contributed by atoms with Crippen LogP contribution in [0.25, 0.3) is 77.5 Å². The van der Waals surface area contributed by atoms with E-state index in [1.54, 1.807) is 0 Å². The van der Waals surface area contributed by atoms with E-state index in [2.05, 4.69) is 111 Å². The second-order valence-corrected chi connectivity index (χ2v) is 13.2. The van der Waals surface area contributed by atoms with Crippen LogP contribution in [0, 0.1) is 32.9 Å². The van der Waals surface area contributed by atoms with Crippen molar-refractivity contribution < 1.29 is 28.9 Å². The molecule has 0 atom stereocenters. The molecule has 0 saturated heterocycles. The van der Waals surface area contributed by atoms with Gasteiger partial charge in [-0.25, -0.2) is 0 Å². The summed E-state index contributed by atoms with van der Waals surface area (Å²) >= 11 is 0. The van der Waals surface area contributed by atoms with Crippen LogP contribution >= 0.6 is 0 Å². The first-order chi connectivity index (χ1) is 24.4. The molecule has 0 spiro atoms. The Labute approximate surface area is 311 Å². The van der Waals surface area contributed by atoms with E-state index in [-0.39, 0.29) is 26.0 Å². The number of fused-ring (bicyclic) bond motifs is 6. The zero-order chi connectivity index (χ0) is 34.4. The maximum Gasteiger partial charge on any atom is 0.144 e. The fourth-order valence-corrected chi connectivity index (χ4v) is 6.75. The predicted octanol–water partition coefficient (Wildman–Crippen LogP) is 12.6. The summed E-state index contributed by atoms with van der Waals surface area (Å²) in [5.74, 6) is 0.252. The predicted molar refractivity (Wildman–Crippen MR) is 205 cm³/mol. The molecule has 9 rings (SSSR count). The van der Waals surface area contributed by atoms with Crippen LogP contribution < -0.4 is 0 Å². The molecule has 0 unspecified atom stereocenters. The Morgan fingerprint density at radius 3 is 1.96 bits per heavy atom. The smallest absolute Gasteiger partial charge is 0.144 e. The van der Waals surface area contributed by atoms with E-state index >= 15 is 0 Å². The van der Waals surface area contributed by atoms with Gasteiger partial charge in [-0.1, -0.05) is 74.9 Å². The third kappa shape index (κ3) is 6.29. The van der Waals surface area contributed by atoms with Crippen molar-refractivity contribution in [2.75, 3.05) is 0 Å². The van der Waals surface area contributed by atoms with E-state index < -0.39 is 0 Å². The van der Waals surface area contributed by atoms with Crippen molar-refractivity contribution in [3.8, 4) is 33.6 Å². The Morgan fingerprint density at radius 2 is 1.29 bits per heavy atom. The molecule has 51 heavy (non-hydrogen) atoms. The average molecular weight is 841 g/mol. The second-order valence-electron chi connectivity index (χ2n) is 13.2. The van der Waals surface area contributed by atoms with Gasteiger partial charge in [0.15, 0.2) is 0 Å². The molecule has 4 heterocycles. The standard InChI is InChI=1S/C32H22NO2.C14H14N.Ir/c1-19(2)27-29-22-12-6-8-14-25(22)35-32(29)28(30-23-13-7-9-15-26(23)34-31(27)30)21-16-17-33-24(18-21)20-10-4-3-5-11-20;1-10-4-6-13(7-5-10)14-8-11(2)12(3)9-15-14;/h3-10,12-19H,1-2H3;4-6,8-9H,1-3H3;/q2*-1;. The van der Waals surface area contributed by atoms with E-state index in [9.17, 15) is 0 Å². The Hall–Kier alpha value is -5.35. The van der Waals surface area contributed by atoms with Crippen molar-refractivity contribution in [2.45, 2.75) is 40.5 Å². The van der Waals surface area contributed by atoms with E-state index in [0.29, 0.717) is 0 Å². The monoisotopic (exact) mass is 841 g/mol. The maximum absolute atomic E-state index is 6.63. The van der Waals surface area contributed by atoms with Gasteiger partial charge in [-0.2, -0.15) is 0 Å². The molecule has 253 valence electrons. The molecule has 5 heteroatoms. The van der Waals surface area contributed by atoms with Crippen LogP contribution in [0.15, 0.2) is 130 Å². The molecule has 1 radical (unpaired) electrons. The minimum Gasteiger partial charge on any atom is -0.456 e. The third-order valence-corrected chi connectivity index (χ3v) is 9.41. The molecule has 0 saturated carbocycles. The molecular formula is C46H36IrN2O2-2. The van der Waals surface area contributed by atoms with Gasteiger partial charge < -0.3 is 18.8 Å². The Bertz CT molecular complexity index is 2650. The number of hydrogen-bond acceptors (Lipinski definition) is 4. The number of benzene rings is 5. The first-order valence-electron chi connectivity index (χ1n) is 17.0. The summed E-state index contributed by atoms with van der Waals surface area (Å²) in [6.07, 6.45) is 3.78. The van der Waals surface area contributed by atoms with Gasteiger partial charge in [-0.15, -0.1) is 71.3 Å². The number of nitrogens with zero attached hydrogens (tertiary/aromatic N) is 2. The van der Waals surface area contributed by atoms with Crippen LogP contribution in [0.1, 0.15) is 42.0 Å². The molecule has 0 amide bonds. The number of pyridine rings is 2. The number of aromatic nitrogens is 2. The number of para-hydroxylation sites is 2. The molecular weight excluding hydrogens is 805 g/mol. The fourth-order valence-electron chi connectivity index (χ4n) is 6.75. The van der Waals surface area contributed by atoms with Crippen LogP contribution in [0.4, 0.5) is 0 Å². The van der Waals surface area contributed by atoms with Crippen LogP contribution in [0.5, 0.6) is 0 Å². The van der Waals surface area contributed by atoms with Crippen molar-refractivity contribution in [2.24, 2.45) is 0 Å². The van der Waals surface area contributed by atoms with Crippen LogP contribution in [-0.2, 0) is 20.1 Å². The van der Waals surface area contributed by atoms with E-state index in [4.69, 9.17) is 8.83 Å². The molecule has 9 aromatic rings. The van der Waals surface area contributed by atoms with Gasteiger partial charge >= 0.3 is 0 Å². The van der Waals surface area contributed by atoms with E-state index in [1.165, 1.54) is 22.3 Å². The summed E-state index contributed by atoms with van der Waals surface area (Å²) in [6.45, 7) is 10.7. The summed E-state index contributed by atoms with van der Waals surface area (Å²) in [6, 6.07) is 43.4. The second kappa shape index (κ2) is 14.1. The largest absolute Gasteiger partial charge is 0.456 e. The van der Waals surface area contributed by atoms with E-state index in [1.807, 2.05) is 67.0 Å². The van der Waals surface area contributed by atoms with Crippen molar-refractivity contribution >= 4 is 43.9 Å². The molecule has 5 aromatic carbocycles. The van der Waals surface area contributed by atoms with Gasteiger partial charge in [-0.05, 0) is 60.5 Å². The van der Waals surface area contributed by atoms with Gasteiger partial charge in [0.05, 0.1) is 0 Å². The molecule has 0 aliphatic heterocycles. The first-order valence-corrected chi connectivity index (χ1v) is 17.0. The minimum atomic E-state index is 0. The number of rotatable bonds is 4. The molecule has 4 nitrogen and oxygen atoms in total. The van der Waals surface area contributed by atoms with E-state index in [0.717, 1.165) is 77.5 Å².